The third-order valence-corrected chi connectivity index (χ3v) is 3.04. The van der Waals surface area contributed by atoms with Gasteiger partial charge in [-0.3, -0.25) is 0 Å². The minimum absolute atomic E-state index is 0.142. The molecular weight excluding hydrogens is 230 g/mol. The summed E-state index contributed by atoms with van der Waals surface area (Å²) in [7, 11) is 0. The van der Waals surface area contributed by atoms with Gasteiger partial charge in [-0.2, -0.15) is 0 Å². The fourth-order valence-electron chi connectivity index (χ4n) is 1.84. The summed E-state index contributed by atoms with van der Waals surface area (Å²) >= 11 is 6.06. The highest BCUT2D eigenvalue weighted by Crippen LogP contribution is 2.42. The number of fused-ring (bicyclic) bond motifs is 1. The molecule has 1 N–H and O–H groups in total. The van der Waals surface area contributed by atoms with Crippen molar-refractivity contribution in [3.8, 4) is 17.2 Å². The summed E-state index contributed by atoms with van der Waals surface area (Å²) in [6.45, 7) is 3.97. The molecule has 4 nitrogen and oxygen atoms in total. The van der Waals surface area contributed by atoms with E-state index in [9.17, 15) is 0 Å². The maximum Gasteiger partial charge on any atom is 0.231 e. The summed E-state index contributed by atoms with van der Waals surface area (Å²) in [4.78, 5) is 0. The molecule has 0 aromatic heterocycles. The second-order valence-corrected chi connectivity index (χ2v) is 4.70. The zero-order valence-corrected chi connectivity index (χ0v) is 9.63. The number of hydrogen-bond donors (Lipinski definition) is 1. The van der Waals surface area contributed by atoms with E-state index in [2.05, 4.69) is 12.2 Å². The van der Waals surface area contributed by atoms with Crippen LogP contribution in [0.5, 0.6) is 17.2 Å². The van der Waals surface area contributed by atoms with Crippen molar-refractivity contribution >= 4 is 11.6 Å². The molecule has 0 spiro atoms. The zero-order valence-electron chi connectivity index (χ0n) is 8.88. The van der Waals surface area contributed by atoms with Gasteiger partial charge in [-0.15, -0.1) is 0 Å². The van der Waals surface area contributed by atoms with E-state index in [-0.39, 0.29) is 12.4 Å². The first-order valence-electron chi connectivity index (χ1n) is 5.15. The van der Waals surface area contributed by atoms with Gasteiger partial charge < -0.3 is 19.5 Å². The topological polar surface area (TPSA) is 39.7 Å². The van der Waals surface area contributed by atoms with E-state index in [4.69, 9.17) is 25.8 Å². The summed E-state index contributed by atoms with van der Waals surface area (Å²) in [5, 5.41) is 3.70. The molecule has 1 aromatic rings. The van der Waals surface area contributed by atoms with E-state index in [0.717, 1.165) is 18.8 Å². The third-order valence-electron chi connectivity index (χ3n) is 2.76. The van der Waals surface area contributed by atoms with Gasteiger partial charge in [0.2, 0.25) is 6.79 Å². The molecule has 1 aromatic carbocycles. The average molecular weight is 242 g/mol. The first-order chi connectivity index (χ1) is 7.66. The van der Waals surface area contributed by atoms with Gasteiger partial charge in [0.1, 0.15) is 11.4 Å². The van der Waals surface area contributed by atoms with Crippen LogP contribution in [0, 0.1) is 0 Å². The molecule has 5 heteroatoms. The van der Waals surface area contributed by atoms with Crippen LogP contribution >= 0.6 is 11.6 Å². The van der Waals surface area contributed by atoms with Gasteiger partial charge in [0.25, 0.3) is 0 Å². The molecule has 0 aliphatic carbocycles. The number of hydrogen-bond acceptors (Lipinski definition) is 4. The largest absolute Gasteiger partial charge is 0.485 e. The lowest BCUT2D eigenvalue weighted by molar-refractivity contribution is 0.0347. The summed E-state index contributed by atoms with van der Waals surface area (Å²) in [6, 6.07) is 3.58. The lowest BCUT2D eigenvalue weighted by Crippen LogP contribution is -2.61. The van der Waals surface area contributed by atoms with Crippen LogP contribution in [0.15, 0.2) is 12.1 Å². The van der Waals surface area contributed by atoms with E-state index in [1.165, 1.54) is 0 Å². The standard InChI is InChI=1S/C11H12ClNO3/c1-11(4-13-5-11)16-7-2-8(12)10-9(3-7)14-6-15-10/h2-3,13H,4-6H2,1H3. The predicted molar refractivity (Wildman–Crippen MR) is 59.5 cm³/mol. The van der Waals surface area contributed by atoms with Crippen molar-refractivity contribution < 1.29 is 14.2 Å². The molecule has 0 saturated carbocycles. The van der Waals surface area contributed by atoms with Gasteiger partial charge >= 0.3 is 0 Å². The Balaban J connectivity index is 1.88. The molecule has 1 fully saturated rings. The molecule has 86 valence electrons. The van der Waals surface area contributed by atoms with Crippen molar-refractivity contribution in [2.45, 2.75) is 12.5 Å². The van der Waals surface area contributed by atoms with Gasteiger partial charge in [-0.05, 0) is 6.92 Å². The van der Waals surface area contributed by atoms with E-state index >= 15 is 0 Å². The minimum atomic E-state index is -0.142. The van der Waals surface area contributed by atoms with Crippen molar-refractivity contribution in [1.82, 2.24) is 5.32 Å². The van der Waals surface area contributed by atoms with Gasteiger partial charge in [0.15, 0.2) is 11.5 Å². The van der Waals surface area contributed by atoms with Crippen molar-refractivity contribution in [2.75, 3.05) is 19.9 Å². The summed E-state index contributed by atoms with van der Waals surface area (Å²) in [5.41, 5.74) is -0.142. The Morgan fingerprint density at radius 1 is 1.38 bits per heavy atom. The van der Waals surface area contributed by atoms with Crippen molar-refractivity contribution in [2.24, 2.45) is 0 Å². The predicted octanol–water partition coefficient (Wildman–Crippen LogP) is 1.81. The third kappa shape index (κ3) is 1.58. The lowest BCUT2D eigenvalue weighted by atomic mass is 10.00. The number of rotatable bonds is 2. The van der Waals surface area contributed by atoms with Crippen LogP contribution in [0.4, 0.5) is 0 Å². The molecule has 1 saturated heterocycles. The highest BCUT2D eigenvalue weighted by molar-refractivity contribution is 6.32. The van der Waals surface area contributed by atoms with E-state index in [1.807, 2.05) is 6.07 Å². The molecular formula is C11H12ClNO3. The van der Waals surface area contributed by atoms with Crippen LogP contribution in [0.2, 0.25) is 5.02 Å². The number of ether oxygens (including phenoxy) is 3. The van der Waals surface area contributed by atoms with E-state index in [0.29, 0.717) is 16.5 Å². The molecule has 3 rings (SSSR count). The maximum absolute atomic E-state index is 6.06. The Morgan fingerprint density at radius 3 is 2.88 bits per heavy atom. The Bertz CT molecular complexity index is 431. The Kier molecular flexibility index (Phi) is 2.16. The van der Waals surface area contributed by atoms with Crippen molar-refractivity contribution in [1.29, 1.82) is 0 Å². The molecule has 2 heterocycles. The molecule has 16 heavy (non-hydrogen) atoms. The molecule has 0 radical (unpaired) electrons. The van der Waals surface area contributed by atoms with Crippen LogP contribution in [-0.2, 0) is 0 Å². The van der Waals surface area contributed by atoms with Crippen molar-refractivity contribution in [3.63, 3.8) is 0 Å². The average Bonchev–Trinajstić information content (AvgIpc) is 2.63. The Labute approximate surface area is 98.4 Å². The van der Waals surface area contributed by atoms with E-state index < -0.39 is 0 Å². The Morgan fingerprint density at radius 2 is 2.19 bits per heavy atom. The molecule has 0 amide bonds. The first-order valence-corrected chi connectivity index (χ1v) is 5.53. The molecule has 0 bridgehead atoms. The SMILES string of the molecule is CC1(Oc2cc(Cl)c3c(c2)OCO3)CNC1. The zero-order chi connectivity index (χ0) is 11.2. The van der Waals surface area contributed by atoms with E-state index in [1.54, 1.807) is 6.07 Å². The van der Waals surface area contributed by atoms with Gasteiger partial charge in [-0.25, -0.2) is 0 Å². The number of halogens is 1. The normalized spacial score (nSPS) is 20.4. The highest BCUT2D eigenvalue weighted by Gasteiger charge is 2.34. The van der Waals surface area contributed by atoms with Crippen LogP contribution < -0.4 is 19.5 Å². The van der Waals surface area contributed by atoms with Crippen LogP contribution in [-0.4, -0.2) is 25.5 Å². The Hall–Kier alpha value is -1.13. The second-order valence-electron chi connectivity index (χ2n) is 4.29. The molecule has 0 unspecified atom stereocenters. The van der Waals surface area contributed by atoms with Crippen LogP contribution in [0.3, 0.4) is 0 Å². The fraction of sp³-hybridized carbons (Fsp3) is 0.455. The smallest absolute Gasteiger partial charge is 0.231 e. The van der Waals surface area contributed by atoms with Crippen molar-refractivity contribution in [3.05, 3.63) is 17.2 Å². The molecule has 0 atom stereocenters. The fourth-order valence-corrected chi connectivity index (χ4v) is 2.09. The lowest BCUT2D eigenvalue weighted by Gasteiger charge is -2.39. The maximum atomic E-state index is 6.06. The first kappa shape index (κ1) is 10.1. The summed E-state index contributed by atoms with van der Waals surface area (Å²) in [6.07, 6.45) is 0. The minimum Gasteiger partial charge on any atom is -0.485 e. The number of benzene rings is 1. The molecule has 2 aliphatic heterocycles. The number of nitrogens with one attached hydrogen (secondary N) is 1. The van der Waals surface area contributed by atoms with Crippen LogP contribution in [0.1, 0.15) is 6.92 Å². The second kappa shape index (κ2) is 3.43. The van der Waals surface area contributed by atoms with Gasteiger partial charge in [-0.1, -0.05) is 11.6 Å². The molecule has 2 aliphatic rings. The summed E-state index contributed by atoms with van der Waals surface area (Å²) in [5.74, 6) is 1.97. The quantitative estimate of drug-likeness (QED) is 0.857. The monoisotopic (exact) mass is 241 g/mol. The van der Waals surface area contributed by atoms with Gasteiger partial charge in [0, 0.05) is 25.2 Å². The van der Waals surface area contributed by atoms with Gasteiger partial charge in [0.05, 0.1) is 5.02 Å². The highest BCUT2D eigenvalue weighted by atomic mass is 35.5. The summed E-state index contributed by atoms with van der Waals surface area (Å²) < 4.78 is 16.4. The van der Waals surface area contributed by atoms with Crippen LogP contribution in [0.25, 0.3) is 0 Å².